The van der Waals surface area contributed by atoms with E-state index in [-0.39, 0.29) is 0 Å². The first kappa shape index (κ1) is 13.8. The fourth-order valence-corrected chi connectivity index (χ4v) is 3.75. The van der Waals surface area contributed by atoms with Gasteiger partial charge in [0.2, 0.25) is 0 Å². The fraction of sp³-hybridized carbons (Fsp3) is 0. The van der Waals surface area contributed by atoms with E-state index in [2.05, 4.69) is 81.0 Å². The molecule has 0 atom stereocenters. The number of rotatable bonds is 1. The van der Waals surface area contributed by atoms with Crippen LogP contribution in [0, 0.1) is 0 Å². The Bertz CT molecular complexity index is 1220. The van der Waals surface area contributed by atoms with E-state index < -0.39 is 0 Å². The average molecular weight is 373 g/mol. The summed E-state index contributed by atoms with van der Waals surface area (Å²) in [5.74, 6) is 0.964. The van der Waals surface area contributed by atoms with E-state index in [0.717, 1.165) is 21.4 Å². The second-order valence-electron chi connectivity index (χ2n) is 5.89. The minimum absolute atomic E-state index is 0.964. The van der Waals surface area contributed by atoms with Crippen molar-refractivity contribution in [1.29, 1.82) is 0 Å². The predicted octanol–water partition coefficient (Wildman–Crippen LogP) is 6.07. The molecule has 2 nitrogen and oxygen atoms in total. The number of halogens is 1. The first-order valence-corrected chi connectivity index (χ1v) is 8.65. The van der Waals surface area contributed by atoms with Gasteiger partial charge in [-0.15, -0.1) is 0 Å². The summed E-state index contributed by atoms with van der Waals surface area (Å²) in [6.45, 7) is 0. The number of para-hydroxylation sites is 2. The second kappa shape index (κ2) is 5.18. The molecule has 0 amide bonds. The van der Waals surface area contributed by atoms with Crippen molar-refractivity contribution < 1.29 is 0 Å². The Kier molecular flexibility index (Phi) is 2.97. The summed E-state index contributed by atoms with van der Waals surface area (Å²) in [6.07, 6.45) is 0. The third-order valence-electron chi connectivity index (χ3n) is 4.41. The molecule has 3 aromatic carbocycles. The van der Waals surface area contributed by atoms with Crippen LogP contribution >= 0.6 is 15.9 Å². The number of benzene rings is 3. The summed E-state index contributed by atoms with van der Waals surface area (Å²) < 4.78 is 3.32. The Morgan fingerprint density at radius 3 is 2.50 bits per heavy atom. The van der Waals surface area contributed by atoms with Gasteiger partial charge in [0.05, 0.1) is 16.6 Å². The lowest BCUT2D eigenvalue weighted by Gasteiger charge is -2.10. The zero-order chi connectivity index (χ0) is 16.1. The molecule has 0 aliphatic rings. The van der Waals surface area contributed by atoms with Crippen LogP contribution in [0.4, 0.5) is 0 Å². The molecule has 5 rings (SSSR count). The smallest absolute Gasteiger partial charge is 0.145 e. The quantitative estimate of drug-likeness (QED) is 0.349. The van der Waals surface area contributed by atoms with E-state index in [0.29, 0.717) is 0 Å². The average Bonchev–Trinajstić information content (AvgIpc) is 3.01. The van der Waals surface area contributed by atoms with Crippen LogP contribution in [0.3, 0.4) is 0 Å². The van der Waals surface area contributed by atoms with Gasteiger partial charge < -0.3 is 0 Å². The van der Waals surface area contributed by atoms with Crippen LogP contribution in [-0.2, 0) is 0 Å². The van der Waals surface area contributed by atoms with Crippen molar-refractivity contribution in [3.63, 3.8) is 0 Å². The van der Waals surface area contributed by atoms with Gasteiger partial charge in [0, 0.05) is 20.8 Å². The minimum Gasteiger partial charge on any atom is -0.293 e. The van der Waals surface area contributed by atoms with E-state index in [9.17, 15) is 0 Å². The van der Waals surface area contributed by atoms with Crippen LogP contribution in [0.1, 0.15) is 0 Å². The normalized spacial score (nSPS) is 11.5. The topological polar surface area (TPSA) is 17.3 Å². The number of hydrogen-bond donors (Lipinski definition) is 0. The van der Waals surface area contributed by atoms with Gasteiger partial charge in [-0.2, -0.15) is 0 Å². The summed E-state index contributed by atoms with van der Waals surface area (Å²) >= 11 is 3.58. The molecule has 24 heavy (non-hydrogen) atoms. The first-order chi connectivity index (χ1) is 11.8. The SMILES string of the molecule is Brc1cccc(-c2nc3ccccc3c3cc4ccccc4n23)c1. The van der Waals surface area contributed by atoms with E-state index in [1.165, 1.54) is 21.8 Å². The van der Waals surface area contributed by atoms with Gasteiger partial charge in [-0.05, 0) is 30.3 Å². The molecule has 0 N–H and O–H groups in total. The number of nitrogens with zero attached hydrogens (tertiary/aromatic N) is 2. The van der Waals surface area contributed by atoms with Crippen LogP contribution in [-0.4, -0.2) is 9.38 Å². The van der Waals surface area contributed by atoms with Crippen LogP contribution in [0.2, 0.25) is 0 Å². The van der Waals surface area contributed by atoms with Crippen LogP contribution in [0.15, 0.2) is 83.3 Å². The highest BCUT2D eigenvalue weighted by Gasteiger charge is 2.13. The Morgan fingerprint density at radius 2 is 1.58 bits per heavy atom. The van der Waals surface area contributed by atoms with Gasteiger partial charge in [0.1, 0.15) is 5.82 Å². The zero-order valence-electron chi connectivity index (χ0n) is 12.8. The van der Waals surface area contributed by atoms with Gasteiger partial charge in [0.25, 0.3) is 0 Å². The summed E-state index contributed by atoms with van der Waals surface area (Å²) in [7, 11) is 0. The third kappa shape index (κ3) is 1.98. The van der Waals surface area contributed by atoms with E-state index in [1.807, 2.05) is 18.2 Å². The summed E-state index contributed by atoms with van der Waals surface area (Å²) in [6, 6.07) is 27.4. The van der Waals surface area contributed by atoms with Crippen molar-refractivity contribution >= 4 is 43.3 Å². The van der Waals surface area contributed by atoms with E-state index >= 15 is 0 Å². The van der Waals surface area contributed by atoms with E-state index in [1.54, 1.807) is 0 Å². The van der Waals surface area contributed by atoms with Crippen molar-refractivity contribution in [2.24, 2.45) is 0 Å². The molecule has 2 aromatic heterocycles. The van der Waals surface area contributed by atoms with Crippen molar-refractivity contribution in [3.05, 3.63) is 83.3 Å². The predicted molar refractivity (Wildman–Crippen MR) is 103 cm³/mol. The van der Waals surface area contributed by atoms with Crippen molar-refractivity contribution in [3.8, 4) is 11.4 Å². The van der Waals surface area contributed by atoms with Gasteiger partial charge >= 0.3 is 0 Å². The minimum atomic E-state index is 0.964. The molecular weight excluding hydrogens is 360 g/mol. The van der Waals surface area contributed by atoms with Crippen LogP contribution in [0.25, 0.3) is 38.7 Å². The van der Waals surface area contributed by atoms with E-state index in [4.69, 9.17) is 4.98 Å². The third-order valence-corrected chi connectivity index (χ3v) is 4.91. The van der Waals surface area contributed by atoms with Gasteiger partial charge in [-0.1, -0.05) is 64.5 Å². The molecular formula is C21H13BrN2. The van der Waals surface area contributed by atoms with Gasteiger partial charge in [0.15, 0.2) is 0 Å². The fourth-order valence-electron chi connectivity index (χ4n) is 3.35. The highest BCUT2D eigenvalue weighted by Crippen LogP contribution is 2.32. The lowest BCUT2D eigenvalue weighted by atomic mass is 10.1. The molecule has 114 valence electrons. The molecule has 2 heterocycles. The summed E-state index contributed by atoms with van der Waals surface area (Å²) in [5.41, 5.74) is 4.49. The lowest BCUT2D eigenvalue weighted by Crippen LogP contribution is -1.97. The lowest BCUT2D eigenvalue weighted by molar-refractivity contribution is 1.17. The summed E-state index contributed by atoms with van der Waals surface area (Å²) in [5, 5.41) is 2.40. The molecule has 0 saturated heterocycles. The Labute approximate surface area is 147 Å². The molecule has 0 radical (unpaired) electrons. The molecule has 0 aliphatic heterocycles. The second-order valence-corrected chi connectivity index (χ2v) is 6.80. The highest BCUT2D eigenvalue weighted by atomic mass is 79.9. The Morgan fingerprint density at radius 1 is 0.750 bits per heavy atom. The molecule has 0 fully saturated rings. The number of fused-ring (bicyclic) bond motifs is 5. The van der Waals surface area contributed by atoms with Gasteiger partial charge in [-0.25, -0.2) is 4.98 Å². The maximum absolute atomic E-state index is 4.98. The standard InChI is InChI=1S/C21H13BrN2/c22-16-8-5-7-15(12-16)21-23-18-10-3-2-9-17(18)20-13-14-6-1-4-11-19(14)24(20)21/h1-13H. The molecule has 0 saturated carbocycles. The van der Waals surface area contributed by atoms with Gasteiger partial charge in [-0.3, -0.25) is 4.40 Å². The monoisotopic (exact) mass is 372 g/mol. The van der Waals surface area contributed by atoms with Crippen molar-refractivity contribution in [2.75, 3.05) is 0 Å². The van der Waals surface area contributed by atoms with Crippen molar-refractivity contribution in [2.45, 2.75) is 0 Å². The Hall–Kier alpha value is -2.65. The molecule has 5 aromatic rings. The maximum atomic E-state index is 4.98. The Balaban J connectivity index is 2.04. The molecule has 0 spiro atoms. The molecule has 0 aliphatic carbocycles. The largest absolute Gasteiger partial charge is 0.293 e. The van der Waals surface area contributed by atoms with Crippen molar-refractivity contribution in [1.82, 2.24) is 9.38 Å². The number of aromatic nitrogens is 2. The highest BCUT2D eigenvalue weighted by molar-refractivity contribution is 9.10. The molecule has 0 bridgehead atoms. The van der Waals surface area contributed by atoms with Crippen LogP contribution in [0.5, 0.6) is 0 Å². The van der Waals surface area contributed by atoms with Crippen LogP contribution < -0.4 is 0 Å². The molecule has 3 heteroatoms. The zero-order valence-corrected chi connectivity index (χ0v) is 14.4. The summed E-state index contributed by atoms with van der Waals surface area (Å²) in [4.78, 5) is 4.98. The maximum Gasteiger partial charge on any atom is 0.145 e. The molecule has 0 unspecified atom stereocenters. The number of hydrogen-bond acceptors (Lipinski definition) is 1. The first-order valence-electron chi connectivity index (χ1n) is 7.86.